The number of hydrogen-bond acceptors (Lipinski definition) is 2. The minimum atomic E-state index is -0.420. The van der Waals surface area contributed by atoms with Crippen molar-refractivity contribution in [2.45, 2.75) is 19.3 Å². The highest BCUT2D eigenvalue weighted by Gasteiger charge is 2.36. The van der Waals surface area contributed by atoms with E-state index in [9.17, 15) is 0 Å². The Morgan fingerprint density at radius 3 is 1.68 bits per heavy atom. The summed E-state index contributed by atoms with van der Waals surface area (Å²) in [5, 5.41) is 0. The molecule has 0 radical (unpaired) electrons. The molecule has 1 aliphatic carbocycles. The SMILES string of the molecule is [2H]c1c([2H])c([2H])c(-c2ccc3c(c2)Oc2cc(N(c4ccc(-c5ccccc5)cc4)c4ccc5c(c4)C(C)(C)c4ccccc4-5)ccc2-c2ccccc2-3)c([2H])c1[2H]. The van der Waals surface area contributed by atoms with Crippen LogP contribution < -0.4 is 9.64 Å². The van der Waals surface area contributed by atoms with Gasteiger partial charge in [0.1, 0.15) is 11.5 Å². The first-order valence-corrected chi connectivity index (χ1v) is 17.9. The van der Waals surface area contributed by atoms with E-state index in [0.29, 0.717) is 17.1 Å². The topological polar surface area (TPSA) is 12.5 Å². The highest BCUT2D eigenvalue weighted by Crippen LogP contribution is 2.52. The van der Waals surface area contributed by atoms with E-state index in [2.05, 4.69) is 140 Å². The third-order valence-corrected chi connectivity index (χ3v) is 10.8. The lowest BCUT2D eigenvalue weighted by Crippen LogP contribution is -2.16. The number of rotatable bonds is 5. The predicted octanol–water partition coefficient (Wildman–Crippen LogP) is 14.2. The molecule has 1 aliphatic heterocycles. The van der Waals surface area contributed by atoms with Crippen LogP contribution in [0.5, 0.6) is 11.5 Å². The summed E-state index contributed by atoms with van der Waals surface area (Å²) in [7, 11) is 0. The Morgan fingerprint density at radius 2 is 0.943 bits per heavy atom. The molecule has 8 aromatic rings. The molecule has 0 amide bonds. The van der Waals surface area contributed by atoms with Gasteiger partial charge >= 0.3 is 0 Å². The minimum Gasteiger partial charge on any atom is -0.456 e. The first-order chi connectivity index (χ1) is 28.1. The van der Waals surface area contributed by atoms with Gasteiger partial charge in [-0.1, -0.05) is 147 Å². The summed E-state index contributed by atoms with van der Waals surface area (Å²) >= 11 is 0. The summed E-state index contributed by atoms with van der Waals surface area (Å²) in [6, 6.07) is 52.9. The van der Waals surface area contributed by atoms with E-state index in [1.807, 2.05) is 30.3 Å². The van der Waals surface area contributed by atoms with Gasteiger partial charge in [0.15, 0.2) is 0 Å². The second kappa shape index (κ2) is 12.3. The summed E-state index contributed by atoms with van der Waals surface area (Å²) in [6.07, 6.45) is 0. The highest BCUT2D eigenvalue weighted by atomic mass is 16.5. The first-order valence-electron chi connectivity index (χ1n) is 20.4. The lowest BCUT2D eigenvalue weighted by atomic mass is 9.82. The maximum atomic E-state index is 8.68. The summed E-state index contributed by atoms with van der Waals surface area (Å²) in [5.41, 5.74) is 14.5. The molecule has 2 aliphatic rings. The Kier molecular flexibility index (Phi) is 6.05. The van der Waals surface area contributed by atoms with Gasteiger partial charge < -0.3 is 9.64 Å². The molecule has 53 heavy (non-hydrogen) atoms. The Morgan fingerprint density at radius 1 is 0.415 bits per heavy atom. The van der Waals surface area contributed by atoms with Crippen molar-refractivity contribution in [3.05, 3.63) is 199 Å². The quantitative estimate of drug-likeness (QED) is 0.179. The zero-order chi connectivity index (χ0) is 39.9. The molecule has 252 valence electrons. The van der Waals surface area contributed by atoms with E-state index in [4.69, 9.17) is 11.6 Å². The molecule has 0 spiro atoms. The van der Waals surface area contributed by atoms with Gasteiger partial charge in [-0.05, 0) is 104 Å². The van der Waals surface area contributed by atoms with E-state index < -0.39 is 6.04 Å². The molecule has 0 fully saturated rings. The number of hydrogen-bond donors (Lipinski definition) is 0. The lowest BCUT2D eigenvalue weighted by Gasteiger charge is -2.29. The maximum Gasteiger partial charge on any atom is 0.137 e. The number of fused-ring (bicyclic) bond motifs is 8. The van der Waals surface area contributed by atoms with E-state index in [0.717, 1.165) is 50.4 Å². The van der Waals surface area contributed by atoms with E-state index in [1.54, 1.807) is 6.07 Å². The van der Waals surface area contributed by atoms with E-state index in [-0.39, 0.29) is 35.1 Å². The van der Waals surface area contributed by atoms with Crippen LogP contribution in [-0.4, -0.2) is 0 Å². The average molecular weight is 685 g/mol. The van der Waals surface area contributed by atoms with Crippen molar-refractivity contribution in [2.75, 3.05) is 4.90 Å². The van der Waals surface area contributed by atoms with Gasteiger partial charge in [-0.25, -0.2) is 0 Å². The standard InChI is InChI=1S/C51H37NO/c1-51(2)47-20-12-11-19-43(47)44-29-26-39(32-48(44)51)52(38-24-21-36(22-25-38)34-13-5-3-6-14-34)40-27-30-46-42-18-10-9-17-41(42)45-28-23-37(35-15-7-4-8-16-35)31-49(45)53-50(46)33-40/h3-33H,1-2H3/i4D,7D,8D,15D,16D. The van der Waals surface area contributed by atoms with Gasteiger partial charge in [0.05, 0.1) is 6.85 Å². The molecular weight excluding hydrogens is 643 g/mol. The molecule has 0 bridgehead atoms. The second-order valence-electron chi connectivity index (χ2n) is 14.2. The number of benzene rings is 8. The monoisotopic (exact) mass is 684 g/mol. The zero-order valence-corrected chi connectivity index (χ0v) is 29.4. The molecular formula is C51H37NO. The molecule has 10 rings (SSSR count). The lowest BCUT2D eigenvalue weighted by molar-refractivity contribution is 0.488. The maximum absolute atomic E-state index is 8.68. The first kappa shape index (κ1) is 26.2. The van der Waals surface area contributed by atoms with Gasteiger partial charge in [0, 0.05) is 39.7 Å². The van der Waals surface area contributed by atoms with Crippen LogP contribution in [0.3, 0.4) is 0 Å². The molecule has 0 saturated carbocycles. The van der Waals surface area contributed by atoms with Crippen molar-refractivity contribution < 1.29 is 11.6 Å². The molecule has 8 aromatic carbocycles. The third kappa shape index (κ3) is 5.18. The normalized spacial score (nSPS) is 14.3. The van der Waals surface area contributed by atoms with Crippen LogP contribution in [0.2, 0.25) is 0 Å². The predicted molar refractivity (Wildman–Crippen MR) is 221 cm³/mol. The summed E-state index contributed by atoms with van der Waals surface area (Å²) in [5.74, 6) is 1.17. The van der Waals surface area contributed by atoms with Crippen molar-refractivity contribution in [1.29, 1.82) is 0 Å². The third-order valence-electron chi connectivity index (χ3n) is 10.8. The molecule has 0 saturated heterocycles. The largest absolute Gasteiger partial charge is 0.456 e. The van der Waals surface area contributed by atoms with Crippen LogP contribution >= 0.6 is 0 Å². The summed E-state index contributed by atoms with van der Waals surface area (Å²) < 4.78 is 49.0. The fourth-order valence-corrected chi connectivity index (χ4v) is 8.12. The molecule has 2 heteroatoms. The van der Waals surface area contributed by atoms with Crippen molar-refractivity contribution in [2.24, 2.45) is 0 Å². The summed E-state index contributed by atoms with van der Waals surface area (Å²) in [6.45, 7) is 4.59. The smallest absolute Gasteiger partial charge is 0.137 e. The van der Waals surface area contributed by atoms with Crippen LogP contribution in [0.15, 0.2) is 188 Å². The van der Waals surface area contributed by atoms with Crippen LogP contribution in [-0.2, 0) is 5.41 Å². The molecule has 0 unspecified atom stereocenters. The number of anilines is 3. The Bertz CT molecular complexity index is 2930. The number of ether oxygens (including phenoxy) is 1. The van der Waals surface area contributed by atoms with Crippen molar-refractivity contribution >= 4 is 17.1 Å². The fourth-order valence-electron chi connectivity index (χ4n) is 8.12. The van der Waals surface area contributed by atoms with Crippen LogP contribution in [0, 0.1) is 0 Å². The Balaban J connectivity index is 1.14. The molecule has 0 atom stereocenters. The Labute approximate surface area is 318 Å². The van der Waals surface area contributed by atoms with Crippen LogP contribution in [0.1, 0.15) is 31.8 Å². The molecule has 2 nitrogen and oxygen atoms in total. The number of nitrogens with zero attached hydrogens (tertiary/aromatic N) is 1. The van der Waals surface area contributed by atoms with Crippen LogP contribution in [0.4, 0.5) is 17.1 Å². The van der Waals surface area contributed by atoms with E-state index in [1.165, 1.54) is 22.3 Å². The average Bonchev–Trinajstić information content (AvgIpc) is 3.38. The van der Waals surface area contributed by atoms with Crippen molar-refractivity contribution in [1.82, 2.24) is 0 Å². The van der Waals surface area contributed by atoms with Gasteiger partial charge in [0.2, 0.25) is 0 Å². The molecule has 1 heterocycles. The van der Waals surface area contributed by atoms with Crippen molar-refractivity contribution in [3.8, 4) is 67.1 Å². The van der Waals surface area contributed by atoms with Crippen molar-refractivity contribution in [3.63, 3.8) is 0 Å². The van der Waals surface area contributed by atoms with Gasteiger partial charge in [-0.3, -0.25) is 0 Å². The van der Waals surface area contributed by atoms with Gasteiger partial charge in [-0.15, -0.1) is 0 Å². The molecule has 0 N–H and O–H groups in total. The highest BCUT2D eigenvalue weighted by molar-refractivity contribution is 5.93. The van der Waals surface area contributed by atoms with E-state index >= 15 is 0 Å². The summed E-state index contributed by atoms with van der Waals surface area (Å²) in [4.78, 5) is 2.28. The molecule has 0 aromatic heterocycles. The van der Waals surface area contributed by atoms with Crippen LogP contribution in [0.25, 0.3) is 55.6 Å². The zero-order valence-electron chi connectivity index (χ0n) is 34.4. The minimum absolute atomic E-state index is 0.135. The Hall–Kier alpha value is -6.64. The fraction of sp³-hybridized carbons (Fsp3) is 0.0588. The van der Waals surface area contributed by atoms with Gasteiger partial charge in [0.25, 0.3) is 0 Å². The van der Waals surface area contributed by atoms with Gasteiger partial charge in [-0.2, -0.15) is 0 Å². The second-order valence-corrected chi connectivity index (χ2v) is 14.2.